The largest absolute Gasteiger partial charge is 0.508 e. The van der Waals surface area contributed by atoms with Crippen LogP contribution in [0.4, 0.5) is 5.69 Å². The highest BCUT2D eigenvalue weighted by Gasteiger charge is 2.38. The van der Waals surface area contributed by atoms with Crippen LogP contribution in [-0.2, 0) is 19.4 Å². The monoisotopic (exact) mass is 366 g/mol. The van der Waals surface area contributed by atoms with Crippen LogP contribution in [-0.4, -0.2) is 61.4 Å². The number of sulfone groups is 1. The molecule has 8 heteroatoms. The van der Waals surface area contributed by atoms with Gasteiger partial charge in [0.2, 0.25) is 11.8 Å². The summed E-state index contributed by atoms with van der Waals surface area (Å²) in [5, 5.41) is 9.35. The number of carbonyl (C=O) groups excluding carboxylic acids is 2. The molecule has 136 valence electrons. The Morgan fingerprint density at radius 1 is 1.20 bits per heavy atom. The fraction of sp³-hybridized carbons (Fsp3) is 0.529. The topological polar surface area (TPSA) is 95.0 Å². The van der Waals surface area contributed by atoms with Gasteiger partial charge in [-0.1, -0.05) is 0 Å². The van der Waals surface area contributed by atoms with E-state index < -0.39 is 15.8 Å². The predicted octanol–water partition coefficient (Wildman–Crippen LogP) is 0.781. The lowest BCUT2D eigenvalue weighted by atomic mass is 10.0. The van der Waals surface area contributed by atoms with E-state index in [9.17, 15) is 23.1 Å². The lowest BCUT2D eigenvalue weighted by Gasteiger charge is -2.32. The molecule has 2 fully saturated rings. The molecule has 2 heterocycles. The van der Waals surface area contributed by atoms with Gasteiger partial charge < -0.3 is 14.9 Å². The van der Waals surface area contributed by atoms with E-state index in [2.05, 4.69) is 0 Å². The second-order valence-electron chi connectivity index (χ2n) is 6.75. The summed E-state index contributed by atoms with van der Waals surface area (Å²) >= 11 is 0. The van der Waals surface area contributed by atoms with E-state index in [1.54, 1.807) is 29.0 Å². The number of nitrogens with zero attached hydrogens (tertiary/aromatic N) is 2. The molecule has 2 aliphatic rings. The minimum atomic E-state index is -2.97. The third-order valence-electron chi connectivity index (χ3n) is 5.06. The Hall–Kier alpha value is -2.09. The third-order valence-corrected chi connectivity index (χ3v) is 6.77. The number of aromatic hydroxyl groups is 1. The second kappa shape index (κ2) is 6.67. The summed E-state index contributed by atoms with van der Waals surface area (Å²) in [5.41, 5.74) is 0.657. The Bertz CT molecular complexity index is 761. The molecule has 25 heavy (non-hydrogen) atoms. The van der Waals surface area contributed by atoms with E-state index in [4.69, 9.17) is 0 Å². The number of amides is 2. The molecule has 0 spiro atoms. The first-order valence-electron chi connectivity index (χ1n) is 8.33. The van der Waals surface area contributed by atoms with Gasteiger partial charge in [-0.25, -0.2) is 8.42 Å². The van der Waals surface area contributed by atoms with Crippen LogP contribution in [0.15, 0.2) is 24.3 Å². The first-order valence-corrected chi connectivity index (χ1v) is 10.2. The molecule has 1 aromatic carbocycles. The molecule has 0 saturated carbocycles. The maximum Gasteiger partial charge on any atom is 0.228 e. The predicted molar refractivity (Wildman–Crippen MR) is 93.0 cm³/mol. The van der Waals surface area contributed by atoms with Crippen LogP contribution in [0.5, 0.6) is 5.75 Å². The second-order valence-corrected chi connectivity index (χ2v) is 9.06. The van der Waals surface area contributed by atoms with Crippen molar-refractivity contribution in [2.24, 2.45) is 5.92 Å². The van der Waals surface area contributed by atoms with Crippen LogP contribution in [0.2, 0.25) is 0 Å². The van der Waals surface area contributed by atoms with Crippen molar-refractivity contribution in [1.82, 2.24) is 4.90 Å². The molecule has 0 radical (unpaired) electrons. The average molecular weight is 366 g/mol. The molecule has 3 rings (SSSR count). The highest BCUT2D eigenvalue weighted by atomic mass is 32.2. The summed E-state index contributed by atoms with van der Waals surface area (Å²) in [6.45, 7) is 0.303. The quantitative estimate of drug-likeness (QED) is 0.853. The lowest BCUT2D eigenvalue weighted by Crippen LogP contribution is -2.45. The molecular weight excluding hydrogens is 344 g/mol. The third kappa shape index (κ3) is 3.78. The Labute approximate surface area is 147 Å². The summed E-state index contributed by atoms with van der Waals surface area (Å²) < 4.78 is 23.1. The van der Waals surface area contributed by atoms with Crippen molar-refractivity contribution in [1.29, 1.82) is 0 Å². The number of benzene rings is 1. The molecule has 2 saturated heterocycles. The number of anilines is 1. The van der Waals surface area contributed by atoms with Crippen molar-refractivity contribution >= 4 is 27.3 Å². The summed E-state index contributed by atoms with van der Waals surface area (Å²) in [6.07, 6.45) is 1.05. The van der Waals surface area contributed by atoms with E-state index in [1.165, 1.54) is 12.1 Å². The van der Waals surface area contributed by atoms with E-state index in [1.807, 2.05) is 0 Å². The fourth-order valence-electron chi connectivity index (χ4n) is 3.49. The van der Waals surface area contributed by atoms with Gasteiger partial charge in [0, 0.05) is 31.7 Å². The molecule has 2 aliphatic heterocycles. The Balaban J connectivity index is 1.65. The maximum atomic E-state index is 12.7. The van der Waals surface area contributed by atoms with Gasteiger partial charge in [0.1, 0.15) is 15.6 Å². The summed E-state index contributed by atoms with van der Waals surface area (Å²) in [7, 11) is -1.28. The number of carbonyl (C=O) groups is 2. The van der Waals surface area contributed by atoms with Crippen LogP contribution in [0.3, 0.4) is 0 Å². The molecule has 1 N–H and O–H groups in total. The molecule has 2 amide bonds. The Kier molecular flexibility index (Phi) is 4.73. The normalized spacial score (nSPS) is 23.6. The Morgan fingerprint density at radius 2 is 1.80 bits per heavy atom. The van der Waals surface area contributed by atoms with Crippen LogP contribution < -0.4 is 4.90 Å². The SMILES string of the molecule is CN(C(=O)C1CC(=O)N(c2ccc(O)cc2)C1)C1CCS(=O)(=O)CC1. The van der Waals surface area contributed by atoms with Gasteiger partial charge in [0.15, 0.2) is 0 Å². The number of hydrogen-bond acceptors (Lipinski definition) is 5. The van der Waals surface area contributed by atoms with E-state index >= 15 is 0 Å². The molecule has 0 aromatic heterocycles. The summed E-state index contributed by atoms with van der Waals surface area (Å²) in [6, 6.07) is 6.22. The van der Waals surface area contributed by atoms with Crippen LogP contribution in [0.1, 0.15) is 19.3 Å². The van der Waals surface area contributed by atoms with Gasteiger partial charge >= 0.3 is 0 Å². The molecule has 1 aromatic rings. The highest BCUT2D eigenvalue weighted by molar-refractivity contribution is 7.91. The maximum absolute atomic E-state index is 12.7. The van der Waals surface area contributed by atoms with E-state index in [0.717, 1.165) is 0 Å². The number of rotatable bonds is 3. The minimum absolute atomic E-state index is 0.0890. The van der Waals surface area contributed by atoms with Gasteiger partial charge in [0.25, 0.3) is 0 Å². The zero-order valence-corrected chi connectivity index (χ0v) is 14.9. The molecule has 0 bridgehead atoms. The first kappa shape index (κ1) is 17.7. The van der Waals surface area contributed by atoms with Crippen molar-refractivity contribution in [3.8, 4) is 5.75 Å². The molecule has 1 unspecified atom stereocenters. The zero-order valence-electron chi connectivity index (χ0n) is 14.1. The number of phenolic OH excluding ortho intramolecular Hbond substituents is 1. The lowest BCUT2D eigenvalue weighted by molar-refractivity contribution is -0.136. The van der Waals surface area contributed by atoms with Crippen molar-refractivity contribution in [2.75, 3.05) is 30.0 Å². The van der Waals surface area contributed by atoms with Crippen molar-refractivity contribution < 1.29 is 23.1 Å². The number of hydrogen-bond donors (Lipinski definition) is 1. The minimum Gasteiger partial charge on any atom is -0.508 e. The zero-order chi connectivity index (χ0) is 18.2. The van der Waals surface area contributed by atoms with Crippen molar-refractivity contribution in [2.45, 2.75) is 25.3 Å². The van der Waals surface area contributed by atoms with Gasteiger partial charge in [0.05, 0.1) is 17.4 Å². The molecule has 0 aliphatic carbocycles. The molecular formula is C17H22N2O5S. The fourth-order valence-corrected chi connectivity index (χ4v) is 4.95. The van der Waals surface area contributed by atoms with Crippen molar-refractivity contribution in [3.63, 3.8) is 0 Å². The van der Waals surface area contributed by atoms with Gasteiger partial charge in [-0.15, -0.1) is 0 Å². The number of phenols is 1. The summed E-state index contributed by atoms with van der Waals surface area (Å²) in [4.78, 5) is 28.2. The van der Waals surface area contributed by atoms with Crippen LogP contribution in [0.25, 0.3) is 0 Å². The highest BCUT2D eigenvalue weighted by Crippen LogP contribution is 2.28. The molecule has 7 nitrogen and oxygen atoms in total. The smallest absolute Gasteiger partial charge is 0.228 e. The standard InChI is InChI=1S/C17H22N2O5S/c1-18(13-6-8-25(23,24)9-7-13)17(22)12-10-16(21)19(11-12)14-2-4-15(20)5-3-14/h2-5,12-13,20H,6-11H2,1H3. The summed E-state index contributed by atoms with van der Waals surface area (Å²) in [5.74, 6) is -0.320. The van der Waals surface area contributed by atoms with Crippen LogP contribution >= 0.6 is 0 Å². The van der Waals surface area contributed by atoms with Gasteiger partial charge in [-0.3, -0.25) is 9.59 Å². The molecule has 1 atom stereocenters. The Morgan fingerprint density at radius 3 is 2.40 bits per heavy atom. The van der Waals surface area contributed by atoms with Crippen LogP contribution in [0, 0.1) is 5.92 Å². The van der Waals surface area contributed by atoms with Gasteiger partial charge in [-0.05, 0) is 37.1 Å². The van der Waals surface area contributed by atoms with Gasteiger partial charge in [-0.2, -0.15) is 0 Å². The average Bonchev–Trinajstić information content (AvgIpc) is 2.96. The van der Waals surface area contributed by atoms with Crippen molar-refractivity contribution in [3.05, 3.63) is 24.3 Å². The van der Waals surface area contributed by atoms with E-state index in [0.29, 0.717) is 25.1 Å². The first-order chi connectivity index (χ1) is 11.8. The van der Waals surface area contributed by atoms with E-state index in [-0.39, 0.29) is 41.5 Å².